The number of fused-ring (bicyclic) bond motifs is 1. The number of hydrogen-bond donors (Lipinski definition) is 0. The molecule has 15 heavy (non-hydrogen) atoms. The Hall–Kier alpha value is -1.16. The third-order valence-corrected chi connectivity index (χ3v) is 2.70. The van der Waals surface area contributed by atoms with E-state index in [1.807, 2.05) is 0 Å². The first-order chi connectivity index (χ1) is 7.22. The Morgan fingerprint density at radius 2 is 2.07 bits per heavy atom. The van der Waals surface area contributed by atoms with Gasteiger partial charge in [0.25, 0.3) is 0 Å². The molecular weight excluding hydrogens is 216 g/mol. The highest BCUT2D eigenvalue weighted by Gasteiger charge is 2.21. The maximum Gasteiger partial charge on any atom is 0.357 e. The predicted molar refractivity (Wildman–Crippen MR) is 55.0 cm³/mol. The van der Waals surface area contributed by atoms with Crippen molar-refractivity contribution in [2.75, 3.05) is 7.11 Å². The van der Waals surface area contributed by atoms with Crippen molar-refractivity contribution in [3.8, 4) is 0 Å². The van der Waals surface area contributed by atoms with Crippen molar-refractivity contribution < 1.29 is 9.53 Å². The fourth-order valence-corrected chi connectivity index (χ4v) is 2.02. The average molecular weight is 227 g/mol. The van der Waals surface area contributed by atoms with Gasteiger partial charge >= 0.3 is 5.97 Å². The molecule has 0 bridgehead atoms. The van der Waals surface area contributed by atoms with Crippen LogP contribution in [0.3, 0.4) is 0 Å². The number of aryl methyl sites for hydroxylation is 1. The van der Waals surface area contributed by atoms with Crippen LogP contribution in [0.2, 0.25) is 5.28 Å². The zero-order valence-corrected chi connectivity index (χ0v) is 9.17. The number of ether oxygens (including phenoxy) is 1. The van der Waals surface area contributed by atoms with Crippen molar-refractivity contribution >= 4 is 17.6 Å². The number of aromatic nitrogens is 2. The molecule has 1 aliphatic rings. The molecule has 1 aromatic rings. The van der Waals surface area contributed by atoms with E-state index in [-0.39, 0.29) is 5.28 Å². The van der Waals surface area contributed by atoms with Gasteiger partial charge in [0.15, 0.2) is 5.69 Å². The van der Waals surface area contributed by atoms with Crippen molar-refractivity contribution in [3.63, 3.8) is 0 Å². The summed E-state index contributed by atoms with van der Waals surface area (Å²) < 4.78 is 4.67. The van der Waals surface area contributed by atoms with E-state index >= 15 is 0 Å². The van der Waals surface area contributed by atoms with Crippen LogP contribution in [0.4, 0.5) is 0 Å². The minimum absolute atomic E-state index is 0.121. The van der Waals surface area contributed by atoms with E-state index in [1.54, 1.807) is 0 Å². The number of carbonyl (C=O) groups is 1. The SMILES string of the molecule is COC(=O)c1nc(Cl)nc2c1CCCC2. The van der Waals surface area contributed by atoms with Gasteiger partial charge in [-0.2, -0.15) is 0 Å². The largest absolute Gasteiger partial charge is 0.464 e. The topological polar surface area (TPSA) is 52.1 Å². The Labute approximate surface area is 92.6 Å². The number of rotatable bonds is 1. The molecule has 0 saturated heterocycles. The van der Waals surface area contributed by atoms with Crippen LogP contribution < -0.4 is 0 Å². The van der Waals surface area contributed by atoms with Crippen LogP contribution in [-0.4, -0.2) is 23.0 Å². The second-order valence-corrected chi connectivity index (χ2v) is 3.80. The number of carbonyl (C=O) groups excluding carboxylic acids is 1. The number of nitrogens with zero attached hydrogens (tertiary/aromatic N) is 2. The number of esters is 1. The monoisotopic (exact) mass is 226 g/mol. The third kappa shape index (κ3) is 1.95. The highest BCUT2D eigenvalue weighted by Crippen LogP contribution is 2.23. The summed E-state index contributed by atoms with van der Waals surface area (Å²) in [4.78, 5) is 19.5. The Morgan fingerprint density at radius 1 is 1.33 bits per heavy atom. The molecule has 0 aliphatic heterocycles. The molecule has 4 nitrogen and oxygen atoms in total. The van der Waals surface area contributed by atoms with E-state index in [9.17, 15) is 4.79 Å². The smallest absolute Gasteiger partial charge is 0.357 e. The summed E-state index contributed by atoms with van der Waals surface area (Å²) in [5.41, 5.74) is 2.12. The van der Waals surface area contributed by atoms with Gasteiger partial charge < -0.3 is 4.74 Å². The predicted octanol–water partition coefficient (Wildman–Crippen LogP) is 1.80. The number of halogens is 1. The molecule has 1 aliphatic carbocycles. The van der Waals surface area contributed by atoms with Gasteiger partial charge in [0, 0.05) is 11.3 Å². The molecule has 2 rings (SSSR count). The molecule has 1 heterocycles. The molecule has 0 spiro atoms. The van der Waals surface area contributed by atoms with Gasteiger partial charge in [-0.3, -0.25) is 0 Å². The van der Waals surface area contributed by atoms with Gasteiger partial charge in [-0.05, 0) is 37.3 Å². The van der Waals surface area contributed by atoms with Gasteiger partial charge in [0.05, 0.1) is 7.11 Å². The molecule has 0 aromatic carbocycles. The van der Waals surface area contributed by atoms with E-state index < -0.39 is 5.97 Å². The van der Waals surface area contributed by atoms with Crippen molar-refractivity contribution in [3.05, 3.63) is 22.2 Å². The second-order valence-electron chi connectivity index (χ2n) is 3.47. The van der Waals surface area contributed by atoms with Crippen LogP contribution in [0.5, 0.6) is 0 Å². The van der Waals surface area contributed by atoms with Crippen molar-refractivity contribution in [1.82, 2.24) is 9.97 Å². The highest BCUT2D eigenvalue weighted by atomic mass is 35.5. The highest BCUT2D eigenvalue weighted by molar-refractivity contribution is 6.28. The molecule has 0 amide bonds. The zero-order chi connectivity index (χ0) is 10.8. The molecule has 0 N–H and O–H groups in total. The molecule has 0 unspecified atom stereocenters. The molecule has 0 radical (unpaired) electrons. The summed E-state index contributed by atoms with van der Waals surface area (Å²) in [6, 6.07) is 0. The van der Waals surface area contributed by atoms with Gasteiger partial charge in [-0.15, -0.1) is 0 Å². The van der Waals surface area contributed by atoms with E-state index in [1.165, 1.54) is 7.11 Å². The zero-order valence-electron chi connectivity index (χ0n) is 8.42. The lowest BCUT2D eigenvalue weighted by atomic mass is 9.95. The van der Waals surface area contributed by atoms with Crippen LogP contribution >= 0.6 is 11.6 Å². The van der Waals surface area contributed by atoms with E-state index in [2.05, 4.69) is 14.7 Å². The summed E-state index contributed by atoms with van der Waals surface area (Å²) in [6.45, 7) is 0. The van der Waals surface area contributed by atoms with Crippen LogP contribution in [0.15, 0.2) is 0 Å². The molecule has 0 fully saturated rings. The van der Waals surface area contributed by atoms with Crippen molar-refractivity contribution in [2.24, 2.45) is 0 Å². The van der Waals surface area contributed by atoms with Gasteiger partial charge in [0.1, 0.15) is 0 Å². The minimum atomic E-state index is -0.433. The Balaban J connectivity index is 2.52. The summed E-state index contributed by atoms with van der Waals surface area (Å²) >= 11 is 5.75. The first-order valence-corrected chi connectivity index (χ1v) is 5.23. The van der Waals surface area contributed by atoms with Crippen LogP contribution in [0.25, 0.3) is 0 Å². The van der Waals surface area contributed by atoms with E-state index in [4.69, 9.17) is 11.6 Å². The maximum atomic E-state index is 11.5. The average Bonchev–Trinajstić information content (AvgIpc) is 2.26. The lowest BCUT2D eigenvalue weighted by molar-refractivity contribution is 0.0592. The molecular formula is C10H11ClN2O2. The Bertz CT molecular complexity index is 407. The molecule has 0 saturated carbocycles. The van der Waals surface area contributed by atoms with Crippen LogP contribution in [-0.2, 0) is 17.6 Å². The lowest BCUT2D eigenvalue weighted by Crippen LogP contribution is -2.16. The van der Waals surface area contributed by atoms with Gasteiger partial charge in [-0.25, -0.2) is 14.8 Å². The van der Waals surface area contributed by atoms with E-state index in [0.717, 1.165) is 36.9 Å². The summed E-state index contributed by atoms with van der Waals surface area (Å²) in [5, 5.41) is 0.121. The van der Waals surface area contributed by atoms with Crippen LogP contribution in [0, 0.1) is 0 Å². The fourth-order valence-electron chi connectivity index (χ4n) is 1.83. The first kappa shape index (κ1) is 10.4. The molecule has 80 valence electrons. The number of hydrogen-bond acceptors (Lipinski definition) is 4. The number of methoxy groups -OCH3 is 1. The molecule has 1 aromatic heterocycles. The summed E-state index contributed by atoms with van der Waals surface area (Å²) in [6.07, 6.45) is 3.83. The summed E-state index contributed by atoms with van der Waals surface area (Å²) in [5.74, 6) is -0.433. The van der Waals surface area contributed by atoms with Gasteiger partial charge in [-0.1, -0.05) is 0 Å². The fraction of sp³-hybridized carbons (Fsp3) is 0.500. The molecule has 0 atom stereocenters. The summed E-state index contributed by atoms with van der Waals surface area (Å²) in [7, 11) is 1.34. The molecule has 5 heteroatoms. The maximum absolute atomic E-state index is 11.5. The second kappa shape index (κ2) is 4.14. The van der Waals surface area contributed by atoms with Crippen molar-refractivity contribution in [1.29, 1.82) is 0 Å². The Morgan fingerprint density at radius 3 is 2.80 bits per heavy atom. The first-order valence-electron chi connectivity index (χ1n) is 4.86. The minimum Gasteiger partial charge on any atom is -0.464 e. The van der Waals surface area contributed by atoms with Crippen molar-refractivity contribution in [2.45, 2.75) is 25.7 Å². The quantitative estimate of drug-likeness (QED) is 0.541. The Kier molecular flexibility index (Phi) is 2.86. The van der Waals surface area contributed by atoms with Gasteiger partial charge in [0.2, 0.25) is 5.28 Å². The van der Waals surface area contributed by atoms with E-state index in [0.29, 0.717) is 5.69 Å². The van der Waals surface area contributed by atoms with Crippen LogP contribution in [0.1, 0.15) is 34.6 Å². The lowest BCUT2D eigenvalue weighted by Gasteiger charge is -2.16. The normalized spacial score (nSPS) is 14.5. The third-order valence-electron chi connectivity index (χ3n) is 2.53. The standard InChI is InChI=1S/C10H11ClN2O2/c1-15-9(14)8-6-4-2-3-5-7(6)12-10(11)13-8/h2-5H2,1H3.